The average Bonchev–Trinajstić information content (AvgIpc) is 2.45. The molecule has 0 bridgehead atoms. The number of hydrogen-bond acceptors (Lipinski definition) is 6. The number of sulfonamides is 1. The summed E-state index contributed by atoms with van der Waals surface area (Å²) in [6.07, 6.45) is 1.85. The minimum atomic E-state index is -4.21. The summed E-state index contributed by atoms with van der Waals surface area (Å²) in [7, 11) is -3.11. The molecule has 8 nitrogen and oxygen atoms in total. The lowest BCUT2D eigenvalue weighted by Gasteiger charge is -2.15. The largest absolute Gasteiger partial charge is 0.480 e. The smallest absolute Gasteiger partial charge is 0.358 e. The molecule has 0 aliphatic heterocycles. The molecular weight excluding hydrogens is 300 g/mol. The van der Waals surface area contributed by atoms with Gasteiger partial charge in [-0.25, -0.2) is 18.2 Å². The molecule has 1 heterocycles. The van der Waals surface area contributed by atoms with Crippen molar-refractivity contribution in [3.63, 3.8) is 0 Å². The van der Waals surface area contributed by atoms with Gasteiger partial charge in [0.05, 0.1) is 7.11 Å². The van der Waals surface area contributed by atoms with Crippen LogP contribution in [-0.2, 0) is 19.6 Å². The number of nitrogens with zero attached hydrogens (tertiary/aromatic N) is 1. The van der Waals surface area contributed by atoms with Gasteiger partial charge in [0.2, 0.25) is 10.0 Å². The molecule has 1 aromatic rings. The number of pyridine rings is 1. The molecule has 1 aromatic heterocycles. The number of nitrogens with one attached hydrogen (secondary N) is 1. The van der Waals surface area contributed by atoms with E-state index in [2.05, 4.69) is 14.4 Å². The third-order valence-electron chi connectivity index (χ3n) is 2.61. The van der Waals surface area contributed by atoms with Crippen molar-refractivity contribution in [2.45, 2.75) is 30.7 Å². The number of esters is 1. The molecule has 21 heavy (non-hydrogen) atoms. The van der Waals surface area contributed by atoms with E-state index in [0.29, 0.717) is 6.42 Å². The molecular formula is C12H16N2O6S. The van der Waals surface area contributed by atoms with E-state index in [9.17, 15) is 18.0 Å². The van der Waals surface area contributed by atoms with Crippen LogP contribution in [0.15, 0.2) is 23.2 Å². The van der Waals surface area contributed by atoms with E-state index in [1.54, 1.807) is 6.92 Å². The Bertz CT molecular complexity index is 628. The molecule has 0 radical (unpaired) electrons. The maximum Gasteiger partial charge on any atom is 0.358 e. The van der Waals surface area contributed by atoms with E-state index >= 15 is 0 Å². The molecule has 1 atom stereocenters. The van der Waals surface area contributed by atoms with Crippen LogP contribution in [0.4, 0.5) is 0 Å². The number of hydrogen-bond donors (Lipinski definition) is 2. The van der Waals surface area contributed by atoms with Crippen molar-refractivity contribution in [1.29, 1.82) is 0 Å². The molecule has 116 valence electrons. The van der Waals surface area contributed by atoms with E-state index in [1.807, 2.05) is 0 Å². The third-order valence-corrected chi connectivity index (χ3v) is 4.12. The van der Waals surface area contributed by atoms with Crippen LogP contribution in [-0.4, -0.2) is 43.6 Å². The normalized spacial score (nSPS) is 12.7. The number of aromatic nitrogens is 1. The summed E-state index contributed by atoms with van der Waals surface area (Å²) in [6, 6.07) is 1.22. The first-order valence-corrected chi connectivity index (χ1v) is 7.60. The van der Waals surface area contributed by atoms with Gasteiger partial charge in [0.25, 0.3) is 0 Å². The second-order valence-corrected chi connectivity index (χ2v) is 5.82. The first-order chi connectivity index (χ1) is 9.83. The van der Waals surface area contributed by atoms with Crippen LogP contribution in [0.25, 0.3) is 0 Å². The second-order valence-electron chi connectivity index (χ2n) is 4.14. The molecule has 0 saturated heterocycles. The third kappa shape index (κ3) is 4.23. The Labute approximate surface area is 122 Å². The number of carboxylic acid groups (broad SMARTS) is 1. The summed E-state index contributed by atoms with van der Waals surface area (Å²) in [5, 5.41) is 9.01. The molecule has 0 aromatic carbocycles. The van der Waals surface area contributed by atoms with Gasteiger partial charge in [0, 0.05) is 6.20 Å². The van der Waals surface area contributed by atoms with Gasteiger partial charge in [0.15, 0.2) is 5.69 Å². The van der Waals surface area contributed by atoms with Crippen molar-refractivity contribution in [2.75, 3.05) is 7.11 Å². The van der Waals surface area contributed by atoms with Crippen molar-refractivity contribution in [3.05, 3.63) is 24.0 Å². The highest BCUT2D eigenvalue weighted by Crippen LogP contribution is 2.15. The molecule has 9 heteroatoms. The fourth-order valence-corrected chi connectivity index (χ4v) is 3.00. The fourth-order valence-electron chi connectivity index (χ4n) is 1.63. The van der Waals surface area contributed by atoms with E-state index in [1.165, 1.54) is 12.3 Å². The monoisotopic (exact) mass is 316 g/mol. The lowest BCUT2D eigenvalue weighted by molar-refractivity contribution is -0.139. The van der Waals surface area contributed by atoms with Crippen molar-refractivity contribution in [3.8, 4) is 0 Å². The van der Waals surface area contributed by atoms with E-state index < -0.39 is 38.6 Å². The van der Waals surface area contributed by atoms with Crippen LogP contribution in [0.1, 0.15) is 30.3 Å². The Morgan fingerprint density at radius 3 is 2.67 bits per heavy atom. The number of ether oxygens (including phenoxy) is 1. The van der Waals surface area contributed by atoms with E-state index in [0.717, 1.165) is 13.2 Å². The predicted molar refractivity (Wildman–Crippen MR) is 72.2 cm³/mol. The minimum absolute atomic E-state index is 0.127. The average molecular weight is 316 g/mol. The molecule has 1 unspecified atom stereocenters. The van der Waals surface area contributed by atoms with Crippen LogP contribution in [0.2, 0.25) is 0 Å². The Morgan fingerprint density at radius 1 is 1.48 bits per heavy atom. The zero-order valence-electron chi connectivity index (χ0n) is 11.6. The number of carbonyl (C=O) groups is 2. The number of carbonyl (C=O) groups excluding carboxylic acids is 1. The van der Waals surface area contributed by atoms with Crippen molar-refractivity contribution in [2.24, 2.45) is 0 Å². The summed E-state index contributed by atoms with van der Waals surface area (Å²) < 4.78 is 31.0. The number of methoxy groups -OCH3 is 1. The van der Waals surface area contributed by atoms with Gasteiger partial charge in [-0.3, -0.25) is 4.79 Å². The lowest BCUT2D eigenvalue weighted by atomic mass is 10.2. The molecule has 0 amide bonds. The quantitative estimate of drug-likeness (QED) is 0.698. The summed E-state index contributed by atoms with van der Waals surface area (Å²) >= 11 is 0. The molecule has 0 aliphatic rings. The van der Waals surface area contributed by atoms with Gasteiger partial charge in [-0.2, -0.15) is 4.72 Å². The van der Waals surface area contributed by atoms with Crippen LogP contribution in [0.5, 0.6) is 0 Å². The summed E-state index contributed by atoms with van der Waals surface area (Å²) in [5.41, 5.74) is -0.395. The summed E-state index contributed by atoms with van der Waals surface area (Å²) in [5.74, 6) is -2.21. The highest BCUT2D eigenvalue weighted by Gasteiger charge is 2.29. The Morgan fingerprint density at radius 2 is 2.14 bits per heavy atom. The molecule has 2 N–H and O–H groups in total. The first-order valence-electron chi connectivity index (χ1n) is 6.12. The van der Waals surface area contributed by atoms with Gasteiger partial charge in [-0.05, 0) is 18.6 Å². The van der Waals surface area contributed by atoms with Crippen molar-refractivity contribution < 1.29 is 27.9 Å². The first kappa shape index (κ1) is 17.1. The summed E-state index contributed by atoms with van der Waals surface area (Å²) in [6.45, 7) is 1.73. The highest BCUT2D eigenvalue weighted by molar-refractivity contribution is 7.89. The van der Waals surface area contributed by atoms with Crippen molar-refractivity contribution in [1.82, 2.24) is 9.71 Å². The number of aliphatic carboxylic acids is 1. The second kappa shape index (κ2) is 7.14. The Hall–Kier alpha value is -2.00. The van der Waals surface area contributed by atoms with Crippen LogP contribution < -0.4 is 4.72 Å². The maximum atomic E-state index is 12.2. The Balaban J connectivity index is 3.19. The lowest BCUT2D eigenvalue weighted by Crippen LogP contribution is -2.41. The van der Waals surface area contributed by atoms with Gasteiger partial charge in [0.1, 0.15) is 10.9 Å². The molecule has 0 saturated carbocycles. The maximum absolute atomic E-state index is 12.2. The highest BCUT2D eigenvalue weighted by atomic mass is 32.2. The van der Waals surface area contributed by atoms with E-state index in [4.69, 9.17) is 5.11 Å². The van der Waals surface area contributed by atoms with Gasteiger partial charge < -0.3 is 9.84 Å². The number of rotatable bonds is 7. The molecule has 0 fully saturated rings. The predicted octanol–water partition coefficient (Wildman–Crippen LogP) is 0.400. The fraction of sp³-hybridized carbons (Fsp3) is 0.417. The minimum Gasteiger partial charge on any atom is -0.480 e. The van der Waals surface area contributed by atoms with Gasteiger partial charge in [-0.1, -0.05) is 13.3 Å². The zero-order chi connectivity index (χ0) is 16.0. The number of carboxylic acids is 1. The van der Waals surface area contributed by atoms with Crippen LogP contribution in [0, 0.1) is 0 Å². The van der Waals surface area contributed by atoms with Gasteiger partial charge >= 0.3 is 11.9 Å². The topological polar surface area (TPSA) is 123 Å². The van der Waals surface area contributed by atoms with Crippen LogP contribution in [0.3, 0.4) is 0 Å². The van der Waals surface area contributed by atoms with Crippen LogP contribution >= 0.6 is 0 Å². The van der Waals surface area contributed by atoms with Gasteiger partial charge in [-0.15, -0.1) is 0 Å². The standard InChI is InChI=1S/C12H16N2O6S/c1-3-5-8(11(15)16)14-21(18,19)9-6-4-7-13-10(9)12(17)20-2/h4,6-8,14H,3,5H2,1-2H3,(H,15,16). The Kier molecular flexibility index (Phi) is 5.79. The zero-order valence-corrected chi connectivity index (χ0v) is 12.4. The SMILES string of the molecule is CCCC(NS(=O)(=O)c1cccnc1C(=O)OC)C(=O)O. The molecule has 0 spiro atoms. The van der Waals surface area contributed by atoms with Crippen molar-refractivity contribution >= 4 is 22.0 Å². The summed E-state index contributed by atoms with van der Waals surface area (Å²) in [4.78, 5) is 25.8. The molecule has 0 aliphatic carbocycles. The molecule has 1 rings (SSSR count). The van der Waals surface area contributed by atoms with E-state index in [-0.39, 0.29) is 6.42 Å².